The van der Waals surface area contributed by atoms with Crippen LogP contribution in [0.1, 0.15) is 23.1 Å². The third kappa shape index (κ3) is 1.89. The van der Waals surface area contributed by atoms with E-state index in [2.05, 4.69) is 20.9 Å². The Kier molecular flexibility index (Phi) is 3.49. The average molecular weight is 262 g/mol. The minimum atomic E-state index is -2.74. The van der Waals surface area contributed by atoms with Gasteiger partial charge in [0.1, 0.15) is 10.7 Å². The SMILES string of the molecule is N#Cc1c(CN)cnc(Br)c1C(F)F. The monoisotopic (exact) mass is 261 g/mol. The van der Waals surface area contributed by atoms with Gasteiger partial charge in [0.05, 0.1) is 11.1 Å². The number of hydrogen-bond donors (Lipinski definition) is 1. The van der Waals surface area contributed by atoms with E-state index in [1.54, 1.807) is 6.07 Å². The highest BCUT2D eigenvalue weighted by atomic mass is 79.9. The van der Waals surface area contributed by atoms with Crippen LogP contribution in [-0.4, -0.2) is 4.98 Å². The lowest BCUT2D eigenvalue weighted by molar-refractivity contribution is 0.149. The zero-order chi connectivity index (χ0) is 10.7. The number of pyridine rings is 1. The molecule has 74 valence electrons. The summed E-state index contributed by atoms with van der Waals surface area (Å²) in [4.78, 5) is 3.69. The summed E-state index contributed by atoms with van der Waals surface area (Å²) in [7, 11) is 0. The number of nitriles is 1. The summed E-state index contributed by atoms with van der Waals surface area (Å²) < 4.78 is 25.0. The Labute approximate surface area is 87.7 Å². The molecular formula is C8H6BrF2N3. The number of hydrogen-bond acceptors (Lipinski definition) is 3. The van der Waals surface area contributed by atoms with Crippen molar-refractivity contribution in [3.05, 3.63) is 27.5 Å². The van der Waals surface area contributed by atoms with Crippen LogP contribution < -0.4 is 5.73 Å². The van der Waals surface area contributed by atoms with E-state index in [-0.39, 0.29) is 16.7 Å². The Hall–Kier alpha value is -1.06. The molecule has 0 aromatic carbocycles. The zero-order valence-electron chi connectivity index (χ0n) is 6.97. The van der Waals surface area contributed by atoms with E-state index >= 15 is 0 Å². The largest absolute Gasteiger partial charge is 0.326 e. The van der Waals surface area contributed by atoms with E-state index in [4.69, 9.17) is 11.0 Å². The fourth-order valence-electron chi connectivity index (χ4n) is 1.03. The number of rotatable bonds is 2. The fraction of sp³-hybridized carbons (Fsp3) is 0.250. The molecule has 1 heterocycles. The summed E-state index contributed by atoms with van der Waals surface area (Å²) in [5.41, 5.74) is 5.13. The van der Waals surface area contributed by atoms with Crippen molar-refractivity contribution < 1.29 is 8.78 Å². The van der Waals surface area contributed by atoms with Crippen molar-refractivity contribution in [2.45, 2.75) is 13.0 Å². The molecule has 0 saturated heterocycles. The van der Waals surface area contributed by atoms with E-state index in [1.807, 2.05) is 0 Å². The van der Waals surface area contributed by atoms with Gasteiger partial charge in [-0.1, -0.05) is 0 Å². The van der Waals surface area contributed by atoms with Crippen LogP contribution >= 0.6 is 15.9 Å². The normalized spacial score (nSPS) is 10.3. The third-order valence-corrected chi connectivity index (χ3v) is 2.33. The van der Waals surface area contributed by atoms with Crippen LogP contribution in [0, 0.1) is 11.3 Å². The molecule has 6 heteroatoms. The number of alkyl halides is 2. The Morgan fingerprint density at radius 1 is 1.64 bits per heavy atom. The molecule has 0 aliphatic carbocycles. The van der Waals surface area contributed by atoms with Crippen molar-refractivity contribution in [1.29, 1.82) is 5.26 Å². The van der Waals surface area contributed by atoms with Crippen LogP contribution in [0.5, 0.6) is 0 Å². The van der Waals surface area contributed by atoms with Gasteiger partial charge in [-0.3, -0.25) is 0 Å². The third-order valence-electron chi connectivity index (χ3n) is 1.70. The van der Waals surface area contributed by atoms with Crippen LogP contribution in [0.2, 0.25) is 0 Å². The molecule has 0 atom stereocenters. The van der Waals surface area contributed by atoms with Crippen LogP contribution in [0.15, 0.2) is 10.8 Å². The molecule has 0 radical (unpaired) electrons. The smallest absolute Gasteiger partial charge is 0.267 e. The van der Waals surface area contributed by atoms with E-state index in [1.165, 1.54) is 6.20 Å². The van der Waals surface area contributed by atoms with Crippen LogP contribution in [-0.2, 0) is 6.54 Å². The molecule has 0 unspecified atom stereocenters. The van der Waals surface area contributed by atoms with Gasteiger partial charge in [0.25, 0.3) is 6.43 Å². The molecule has 14 heavy (non-hydrogen) atoms. The molecule has 2 N–H and O–H groups in total. The van der Waals surface area contributed by atoms with Gasteiger partial charge in [-0.2, -0.15) is 5.26 Å². The number of nitrogens with zero attached hydrogens (tertiary/aromatic N) is 2. The van der Waals surface area contributed by atoms with Gasteiger partial charge in [-0.15, -0.1) is 0 Å². The maximum atomic E-state index is 12.5. The molecule has 3 nitrogen and oxygen atoms in total. The maximum Gasteiger partial charge on any atom is 0.267 e. The van der Waals surface area contributed by atoms with Crippen molar-refractivity contribution in [2.24, 2.45) is 5.73 Å². The van der Waals surface area contributed by atoms with Gasteiger partial charge in [-0.05, 0) is 15.9 Å². The molecule has 0 aliphatic heterocycles. The van der Waals surface area contributed by atoms with Crippen molar-refractivity contribution >= 4 is 15.9 Å². The Bertz CT molecular complexity index is 387. The first-order valence-electron chi connectivity index (χ1n) is 3.67. The standard InChI is InChI=1S/C8H6BrF2N3/c9-7-6(8(10)11)5(2-13)4(1-12)3-14-7/h3,8H,1,12H2. The second kappa shape index (κ2) is 4.44. The average Bonchev–Trinajstić information content (AvgIpc) is 2.16. The molecule has 0 fully saturated rings. The Morgan fingerprint density at radius 2 is 2.29 bits per heavy atom. The van der Waals surface area contributed by atoms with Crippen molar-refractivity contribution in [3.8, 4) is 6.07 Å². The minimum absolute atomic E-state index is 0.0127. The van der Waals surface area contributed by atoms with Crippen LogP contribution in [0.4, 0.5) is 8.78 Å². The maximum absolute atomic E-state index is 12.5. The summed E-state index contributed by atoms with van der Waals surface area (Å²) in [6.07, 6.45) is -1.42. The molecule has 1 aromatic heterocycles. The van der Waals surface area contributed by atoms with E-state index < -0.39 is 12.0 Å². The van der Waals surface area contributed by atoms with Crippen molar-refractivity contribution in [1.82, 2.24) is 4.98 Å². The van der Waals surface area contributed by atoms with Crippen molar-refractivity contribution in [3.63, 3.8) is 0 Å². The molecule has 0 aliphatic rings. The Morgan fingerprint density at radius 3 is 2.71 bits per heavy atom. The second-order valence-corrected chi connectivity index (χ2v) is 3.23. The van der Waals surface area contributed by atoms with Crippen molar-refractivity contribution in [2.75, 3.05) is 0 Å². The first-order valence-corrected chi connectivity index (χ1v) is 4.46. The highest BCUT2D eigenvalue weighted by molar-refractivity contribution is 9.10. The predicted octanol–water partition coefficient (Wildman–Crippen LogP) is 2.11. The molecule has 0 amide bonds. The zero-order valence-corrected chi connectivity index (χ0v) is 8.55. The lowest BCUT2D eigenvalue weighted by Crippen LogP contribution is -2.05. The molecule has 0 saturated carbocycles. The van der Waals surface area contributed by atoms with Gasteiger partial charge in [0.2, 0.25) is 0 Å². The summed E-state index contributed by atoms with van der Waals surface area (Å²) in [5.74, 6) is 0. The highest BCUT2D eigenvalue weighted by Gasteiger charge is 2.20. The van der Waals surface area contributed by atoms with Crippen LogP contribution in [0.25, 0.3) is 0 Å². The Balaban J connectivity index is 3.45. The summed E-state index contributed by atoms with van der Waals surface area (Å²) in [5, 5.41) is 8.72. The summed E-state index contributed by atoms with van der Waals surface area (Å²) >= 11 is 2.87. The van der Waals surface area contributed by atoms with Gasteiger partial charge in [0, 0.05) is 18.3 Å². The van der Waals surface area contributed by atoms with Gasteiger partial charge in [-0.25, -0.2) is 13.8 Å². The van der Waals surface area contributed by atoms with E-state index in [9.17, 15) is 8.78 Å². The molecule has 1 aromatic rings. The first-order chi connectivity index (χ1) is 6.61. The highest BCUT2D eigenvalue weighted by Crippen LogP contribution is 2.30. The van der Waals surface area contributed by atoms with Gasteiger partial charge < -0.3 is 5.73 Å². The quantitative estimate of drug-likeness (QED) is 0.830. The van der Waals surface area contributed by atoms with Crippen LogP contribution in [0.3, 0.4) is 0 Å². The number of aromatic nitrogens is 1. The lowest BCUT2D eigenvalue weighted by atomic mass is 10.1. The molecule has 1 rings (SSSR count). The van der Waals surface area contributed by atoms with E-state index in [0.29, 0.717) is 5.56 Å². The topological polar surface area (TPSA) is 62.7 Å². The summed E-state index contributed by atoms with van der Waals surface area (Å²) in [6.45, 7) is 0.0168. The second-order valence-electron chi connectivity index (χ2n) is 2.48. The predicted molar refractivity (Wildman–Crippen MR) is 49.5 cm³/mol. The molecule has 0 spiro atoms. The molecular weight excluding hydrogens is 256 g/mol. The van der Waals surface area contributed by atoms with Gasteiger partial charge >= 0.3 is 0 Å². The first kappa shape index (κ1) is 11.0. The fourth-order valence-corrected chi connectivity index (χ4v) is 1.50. The number of nitrogens with two attached hydrogens (primary N) is 1. The van der Waals surface area contributed by atoms with E-state index in [0.717, 1.165) is 0 Å². The van der Waals surface area contributed by atoms with Gasteiger partial charge in [0.15, 0.2) is 0 Å². The number of halogens is 3. The minimum Gasteiger partial charge on any atom is -0.326 e. The lowest BCUT2D eigenvalue weighted by Gasteiger charge is -2.08. The summed E-state index contributed by atoms with van der Waals surface area (Å²) in [6, 6.07) is 1.71. The molecule has 0 bridgehead atoms.